The third kappa shape index (κ3) is 3.80. The van der Waals surface area contributed by atoms with Crippen molar-refractivity contribution >= 4 is 40.8 Å². The van der Waals surface area contributed by atoms with Gasteiger partial charge in [-0.15, -0.1) is 11.3 Å². The Kier molecular flexibility index (Phi) is 5.00. The number of urea groups is 1. The number of esters is 1. The number of thiazole rings is 1. The lowest BCUT2D eigenvalue weighted by molar-refractivity contribution is -0.136. The average Bonchev–Trinajstić information content (AvgIpc) is 3.23. The van der Waals surface area contributed by atoms with Crippen molar-refractivity contribution in [3.63, 3.8) is 0 Å². The third-order valence-corrected chi connectivity index (χ3v) is 4.67. The molecule has 0 bridgehead atoms. The van der Waals surface area contributed by atoms with E-state index in [1.54, 1.807) is 23.6 Å². The van der Waals surface area contributed by atoms with Crippen LogP contribution in [0.25, 0.3) is 10.6 Å². The van der Waals surface area contributed by atoms with Crippen molar-refractivity contribution in [2.24, 2.45) is 0 Å². The molecule has 1 saturated heterocycles. The molecule has 0 spiro atoms. The van der Waals surface area contributed by atoms with Gasteiger partial charge < -0.3 is 10.1 Å². The Balaban J connectivity index is 1.67. The second kappa shape index (κ2) is 7.20. The zero-order chi connectivity index (χ0) is 18.0. The van der Waals surface area contributed by atoms with E-state index in [1.165, 1.54) is 18.3 Å². The van der Waals surface area contributed by atoms with Crippen LogP contribution >= 0.6 is 22.9 Å². The Morgan fingerprint density at radius 1 is 1.44 bits per heavy atom. The Hall–Kier alpha value is -2.45. The SMILES string of the molecule is C[C@@H](OC(=O)c1csc(-c2cccc(Cl)c2)n1)C(=O)N1CCNC1=O. The lowest BCUT2D eigenvalue weighted by Crippen LogP contribution is -2.41. The van der Waals surface area contributed by atoms with Crippen LogP contribution < -0.4 is 5.32 Å². The summed E-state index contributed by atoms with van der Waals surface area (Å²) < 4.78 is 5.14. The largest absolute Gasteiger partial charge is 0.448 e. The maximum Gasteiger partial charge on any atom is 0.358 e. The predicted molar refractivity (Wildman–Crippen MR) is 92.5 cm³/mol. The van der Waals surface area contributed by atoms with Crippen LogP contribution in [0.15, 0.2) is 29.6 Å². The van der Waals surface area contributed by atoms with Gasteiger partial charge in [0.05, 0.1) is 0 Å². The highest BCUT2D eigenvalue weighted by molar-refractivity contribution is 7.13. The van der Waals surface area contributed by atoms with Crippen LogP contribution in [-0.4, -0.2) is 47.0 Å². The van der Waals surface area contributed by atoms with E-state index in [9.17, 15) is 14.4 Å². The summed E-state index contributed by atoms with van der Waals surface area (Å²) in [5, 5.41) is 5.26. The van der Waals surface area contributed by atoms with Gasteiger partial charge in [-0.25, -0.2) is 14.6 Å². The molecule has 1 atom stereocenters. The molecule has 2 heterocycles. The molecule has 1 N–H and O–H groups in total. The average molecular weight is 380 g/mol. The van der Waals surface area contributed by atoms with Crippen molar-refractivity contribution < 1.29 is 19.1 Å². The molecular weight excluding hydrogens is 366 g/mol. The second-order valence-corrected chi connectivity index (χ2v) is 6.61. The predicted octanol–water partition coefficient (Wildman–Crippen LogP) is 2.56. The molecule has 0 aliphatic carbocycles. The molecule has 9 heteroatoms. The molecule has 1 aromatic heterocycles. The van der Waals surface area contributed by atoms with Crippen LogP contribution in [0.1, 0.15) is 17.4 Å². The first-order chi connectivity index (χ1) is 12.0. The smallest absolute Gasteiger partial charge is 0.358 e. The lowest BCUT2D eigenvalue weighted by Gasteiger charge is -2.17. The van der Waals surface area contributed by atoms with Crippen molar-refractivity contribution in [2.75, 3.05) is 13.1 Å². The first-order valence-corrected chi connectivity index (χ1v) is 8.73. The highest BCUT2D eigenvalue weighted by Gasteiger charge is 2.32. The van der Waals surface area contributed by atoms with Crippen LogP contribution in [0, 0.1) is 0 Å². The molecular formula is C16H14ClN3O4S. The molecule has 1 aliphatic rings. The van der Waals surface area contributed by atoms with Crippen LogP contribution in [-0.2, 0) is 9.53 Å². The molecule has 1 fully saturated rings. The van der Waals surface area contributed by atoms with Crippen LogP contribution in [0.2, 0.25) is 5.02 Å². The lowest BCUT2D eigenvalue weighted by atomic mass is 10.2. The molecule has 3 amide bonds. The summed E-state index contributed by atoms with van der Waals surface area (Å²) in [6.45, 7) is 2.07. The van der Waals surface area contributed by atoms with E-state index in [0.29, 0.717) is 16.6 Å². The number of rotatable bonds is 4. The summed E-state index contributed by atoms with van der Waals surface area (Å²) in [6.07, 6.45) is -1.08. The molecule has 0 unspecified atom stereocenters. The van der Waals surface area contributed by atoms with E-state index in [0.717, 1.165) is 10.5 Å². The quantitative estimate of drug-likeness (QED) is 0.825. The molecule has 3 rings (SSSR count). The Morgan fingerprint density at radius 3 is 2.92 bits per heavy atom. The number of halogens is 1. The number of nitrogens with one attached hydrogen (secondary N) is 1. The van der Waals surface area contributed by atoms with E-state index in [4.69, 9.17) is 16.3 Å². The number of carbonyl (C=O) groups excluding carboxylic acids is 3. The van der Waals surface area contributed by atoms with Gasteiger partial charge in [-0.2, -0.15) is 0 Å². The minimum absolute atomic E-state index is 0.102. The van der Waals surface area contributed by atoms with E-state index < -0.39 is 24.0 Å². The Morgan fingerprint density at radius 2 is 2.24 bits per heavy atom. The maximum absolute atomic E-state index is 12.2. The topological polar surface area (TPSA) is 88.6 Å². The third-order valence-electron chi connectivity index (χ3n) is 3.54. The standard InChI is InChI=1S/C16H14ClN3O4S/c1-9(14(21)20-6-5-18-16(20)23)24-15(22)12-8-25-13(19-12)10-3-2-4-11(17)7-10/h2-4,7-9H,5-6H2,1H3,(H,18,23)/t9-/m1/s1. The van der Waals surface area contributed by atoms with Gasteiger partial charge in [0, 0.05) is 29.1 Å². The monoisotopic (exact) mass is 379 g/mol. The van der Waals surface area contributed by atoms with Crippen LogP contribution in [0.5, 0.6) is 0 Å². The second-order valence-electron chi connectivity index (χ2n) is 5.32. The summed E-state index contributed by atoms with van der Waals surface area (Å²) in [5.41, 5.74) is 0.889. The number of ether oxygens (including phenoxy) is 1. The van der Waals surface area contributed by atoms with Gasteiger partial charge in [-0.1, -0.05) is 23.7 Å². The van der Waals surface area contributed by atoms with Crippen molar-refractivity contribution in [1.29, 1.82) is 0 Å². The number of amides is 3. The molecule has 1 aromatic carbocycles. The zero-order valence-electron chi connectivity index (χ0n) is 13.2. The minimum Gasteiger partial charge on any atom is -0.448 e. The van der Waals surface area contributed by atoms with Gasteiger partial charge in [0.25, 0.3) is 5.91 Å². The molecule has 2 aromatic rings. The number of hydrogen-bond acceptors (Lipinski definition) is 6. The summed E-state index contributed by atoms with van der Waals surface area (Å²) >= 11 is 7.22. The summed E-state index contributed by atoms with van der Waals surface area (Å²) in [6, 6.07) is 6.63. The van der Waals surface area contributed by atoms with Crippen molar-refractivity contribution in [2.45, 2.75) is 13.0 Å². The van der Waals surface area contributed by atoms with Gasteiger partial charge >= 0.3 is 12.0 Å². The summed E-state index contributed by atoms with van der Waals surface area (Å²) in [5.74, 6) is -1.28. The first kappa shape index (κ1) is 17.4. The molecule has 0 radical (unpaired) electrons. The van der Waals surface area contributed by atoms with E-state index in [2.05, 4.69) is 10.3 Å². The summed E-state index contributed by atoms with van der Waals surface area (Å²) in [4.78, 5) is 41.1. The van der Waals surface area contributed by atoms with Crippen LogP contribution in [0.3, 0.4) is 0 Å². The summed E-state index contributed by atoms with van der Waals surface area (Å²) in [7, 11) is 0. The Labute approximate surface area is 152 Å². The molecule has 7 nitrogen and oxygen atoms in total. The number of aromatic nitrogens is 1. The van der Waals surface area contributed by atoms with Gasteiger partial charge in [-0.05, 0) is 19.1 Å². The number of nitrogens with zero attached hydrogens (tertiary/aromatic N) is 2. The highest BCUT2D eigenvalue weighted by Crippen LogP contribution is 2.26. The van der Waals surface area contributed by atoms with Crippen molar-refractivity contribution in [1.82, 2.24) is 15.2 Å². The zero-order valence-corrected chi connectivity index (χ0v) is 14.8. The number of carbonyl (C=O) groups is 3. The maximum atomic E-state index is 12.2. The number of imide groups is 1. The fourth-order valence-electron chi connectivity index (χ4n) is 2.29. The van der Waals surface area contributed by atoms with Gasteiger partial charge in [-0.3, -0.25) is 9.69 Å². The fourth-order valence-corrected chi connectivity index (χ4v) is 3.27. The number of benzene rings is 1. The van der Waals surface area contributed by atoms with Gasteiger partial charge in [0.1, 0.15) is 5.01 Å². The minimum atomic E-state index is -1.08. The van der Waals surface area contributed by atoms with Gasteiger partial charge in [0.2, 0.25) is 0 Å². The first-order valence-electron chi connectivity index (χ1n) is 7.47. The van der Waals surface area contributed by atoms with Crippen molar-refractivity contribution in [3.05, 3.63) is 40.4 Å². The van der Waals surface area contributed by atoms with Crippen LogP contribution in [0.4, 0.5) is 4.79 Å². The Bertz CT molecular complexity index is 838. The van der Waals surface area contributed by atoms with Gasteiger partial charge in [0.15, 0.2) is 11.8 Å². The van der Waals surface area contributed by atoms with E-state index in [-0.39, 0.29) is 12.2 Å². The molecule has 25 heavy (non-hydrogen) atoms. The van der Waals surface area contributed by atoms with E-state index >= 15 is 0 Å². The molecule has 1 aliphatic heterocycles. The van der Waals surface area contributed by atoms with E-state index in [1.807, 2.05) is 6.07 Å². The van der Waals surface area contributed by atoms with Crippen molar-refractivity contribution in [3.8, 4) is 10.6 Å². The fraction of sp³-hybridized carbons (Fsp3) is 0.250. The molecule has 0 saturated carbocycles. The highest BCUT2D eigenvalue weighted by atomic mass is 35.5. The normalized spacial score (nSPS) is 15.0. The number of hydrogen-bond donors (Lipinski definition) is 1. The molecule has 130 valence electrons.